The van der Waals surface area contributed by atoms with Crippen LogP contribution in [0.25, 0.3) is 0 Å². The highest BCUT2D eigenvalue weighted by molar-refractivity contribution is 5.87. The van der Waals surface area contributed by atoms with Crippen LogP contribution in [0, 0.1) is 23.7 Å². The maximum Gasteiger partial charge on any atom is 0.223 e. The Morgan fingerprint density at radius 3 is 2.47 bits per heavy atom. The number of nitrogens with one attached hydrogen (secondary N) is 1. The average molecular weight is 266 g/mol. The smallest absolute Gasteiger partial charge is 0.223 e. The molecule has 3 N–H and O–H groups in total. The van der Waals surface area contributed by atoms with Crippen molar-refractivity contribution in [1.29, 1.82) is 0 Å². The molecule has 0 aliphatic heterocycles. The molecule has 2 amide bonds. The lowest BCUT2D eigenvalue weighted by Crippen LogP contribution is -2.40. The van der Waals surface area contributed by atoms with E-state index in [1.54, 1.807) is 0 Å². The molecule has 1 fully saturated rings. The summed E-state index contributed by atoms with van der Waals surface area (Å²) in [5.41, 5.74) is 5.49. The molecule has 4 atom stereocenters. The summed E-state index contributed by atoms with van der Waals surface area (Å²) >= 11 is 0. The van der Waals surface area contributed by atoms with Gasteiger partial charge in [0.25, 0.3) is 0 Å². The second-order valence-electron chi connectivity index (χ2n) is 5.52. The van der Waals surface area contributed by atoms with Crippen LogP contribution in [0.2, 0.25) is 0 Å². The van der Waals surface area contributed by atoms with Gasteiger partial charge in [0.15, 0.2) is 0 Å². The molecule has 4 heteroatoms. The van der Waals surface area contributed by atoms with E-state index in [2.05, 4.69) is 12.2 Å². The third kappa shape index (κ3) is 4.69. The van der Waals surface area contributed by atoms with Gasteiger partial charge in [-0.05, 0) is 44.9 Å². The van der Waals surface area contributed by atoms with E-state index < -0.39 is 5.92 Å². The van der Waals surface area contributed by atoms with Gasteiger partial charge >= 0.3 is 0 Å². The van der Waals surface area contributed by atoms with Crippen LogP contribution in [0.3, 0.4) is 0 Å². The Bertz CT molecular complexity index is 352. The molecule has 0 heterocycles. The second-order valence-corrected chi connectivity index (χ2v) is 5.52. The standard InChI is InChI=1S/C15H26N2O2/c1-4-6-7-12(14(16)18)13(15(19)17-5-2)9-11-8-10(11)3/h4,6,10-13H,5,7-9H2,1-3H3,(H2,16,18)(H,17,19)/b6-4+/t10?,11?,12-,13+/m0/s1. The van der Waals surface area contributed by atoms with Gasteiger partial charge in [-0.15, -0.1) is 0 Å². The molecule has 0 aromatic carbocycles. The molecular weight excluding hydrogens is 240 g/mol. The second kappa shape index (κ2) is 7.31. The summed E-state index contributed by atoms with van der Waals surface area (Å²) in [4.78, 5) is 23.8. The largest absolute Gasteiger partial charge is 0.369 e. The molecule has 0 spiro atoms. The molecule has 19 heavy (non-hydrogen) atoms. The Hall–Kier alpha value is -1.32. The van der Waals surface area contributed by atoms with E-state index >= 15 is 0 Å². The van der Waals surface area contributed by atoms with Crippen molar-refractivity contribution < 1.29 is 9.59 Å². The van der Waals surface area contributed by atoms with Crippen LogP contribution in [0.1, 0.15) is 40.0 Å². The zero-order valence-corrected chi connectivity index (χ0v) is 12.2. The molecule has 0 saturated heterocycles. The topological polar surface area (TPSA) is 72.2 Å². The number of hydrogen-bond donors (Lipinski definition) is 2. The molecule has 2 unspecified atom stereocenters. The lowest BCUT2D eigenvalue weighted by Gasteiger charge is -2.23. The van der Waals surface area contributed by atoms with Gasteiger partial charge in [0.1, 0.15) is 0 Å². The van der Waals surface area contributed by atoms with E-state index in [0.29, 0.717) is 24.8 Å². The van der Waals surface area contributed by atoms with Crippen molar-refractivity contribution in [2.45, 2.75) is 40.0 Å². The number of carbonyl (C=O) groups excluding carboxylic acids is 2. The molecule has 108 valence electrons. The fourth-order valence-electron chi connectivity index (χ4n) is 2.57. The Morgan fingerprint density at radius 1 is 1.42 bits per heavy atom. The third-order valence-electron chi connectivity index (χ3n) is 4.00. The lowest BCUT2D eigenvalue weighted by atomic mass is 9.83. The van der Waals surface area contributed by atoms with Gasteiger partial charge in [0.05, 0.1) is 11.8 Å². The molecular formula is C15H26N2O2. The first-order valence-corrected chi connectivity index (χ1v) is 7.19. The first kappa shape index (κ1) is 15.7. The molecule has 0 radical (unpaired) electrons. The maximum atomic E-state index is 12.2. The minimum Gasteiger partial charge on any atom is -0.369 e. The van der Waals surface area contributed by atoms with E-state index in [1.165, 1.54) is 0 Å². The maximum absolute atomic E-state index is 12.2. The molecule has 1 aliphatic rings. The quantitative estimate of drug-likeness (QED) is 0.658. The van der Waals surface area contributed by atoms with Crippen LogP contribution in [0.15, 0.2) is 12.2 Å². The Kier molecular flexibility index (Phi) is 6.06. The van der Waals surface area contributed by atoms with Crippen LogP contribution in [-0.4, -0.2) is 18.4 Å². The Labute approximate surface area is 115 Å². The predicted molar refractivity (Wildman–Crippen MR) is 76.2 cm³/mol. The summed E-state index contributed by atoms with van der Waals surface area (Å²) in [5.74, 6) is 0.156. The van der Waals surface area contributed by atoms with E-state index in [0.717, 1.165) is 12.8 Å². The fourth-order valence-corrected chi connectivity index (χ4v) is 2.57. The normalized spacial score (nSPS) is 25.0. The Morgan fingerprint density at radius 2 is 2.05 bits per heavy atom. The van der Waals surface area contributed by atoms with Gasteiger partial charge in [0, 0.05) is 6.54 Å². The fraction of sp³-hybridized carbons (Fsp3) is 0.733. The van der Waals surface area contributed by atoms with Crippen molar-refractivity contribution in [1.82, 2.24) is 5.32 Å². The molecule has 0 aromatic rings. The summed E-state index contributed by atoms with van der Waals surface area (Å²) in [6, 6.07) is 0. The minimum absolute atomic E-state index is 0.0325. The average Bonchev–Trinajstić information content (AvgIpc) is 3.04. The summed E-state index contributed by atoms with van der Waals surface area (Å²) in [7, 11) is 0. The van der Waals surface area contributed by atoms with Gasteiger partial charge < -0.3 is 11.1 Å². The van der Waals surface area contributed by atoms with E-state index in [9.17, 15) is 9.59 Å². The molecule has 0 aromatic heterocycles. The molecule has 1 aliphatic carbocycles. The van der Waals surface area contributed by atoms with Gasteiger partial charge in [-0.25, -0.2) is 0 Å². The number of amides is 2. The SMILES string of the molecule is C/C=C/C[C@H](C(N)=O)[C@@H](CC1CC1C)C(=O)NCC. The highest BCUT2D eigenvalue weighted by Gasteiger charge is 2.40. The van der Waals surface area contributed by atoms with Gasteiger partial charge in [0.2, 0.25) is 11.8 Å². The third-order valence-corrected chi connectivity index (χ3v) is 4.00. The number of rotatable bonds is 8. The van der Waals surface area contributed by atoms with E-state index in [-0.39, 0.29) is 17.7 Å². The monoisotopic (exact) mass is 266 g/mol. The zero-order valence-electron chi connectivity index (χ0n) is 12.2. The van der Waals surface area contributed by atoms with Crippen molar-refractivity contribution in [3.63, 3.8) is 0 Å². The predicted octanol–water partition coefficient (Wildman–Crippen LogP) is 1.85. The number of allylic oxidation sites excluding steroid dienone is 2. The van der Waals surface area contributed by atoms with Crippen molar-refractivity contribution in [3.8, 4) is 0 Å². The number of primary amides is 1. The van der Waals surface area contributed by atoms with Crippen molar-refractivity contribution in [2.24, 2.45) is 29.4 Å². The number of carbonyl (C=O) groups is 2. The van der Waals surface area contributed by atoms with Crippen LogP contribution in [0.5, 0.6) is 0 Å². The molecule has 1 saturated carbocycles. The van der Waals surface area contributed by atoms with Crippen molar-refractivity contribution >= 4 is 11.8 Å². The van der Waals surface area contributed by atoms with Crippen LogP contribution < -0.4 is 11.1 Å². The first-order valence-electron chi connectivity index (χ1n) is 7.19. The van der Waals surface area contributed by atoms with Gasteiger partial charge in [-0.3, -0.25) is 9.59 Å². The molecule has 0 bridgehead atoms. The van der Waals surface area contributed by atoms with Gasteiger partial charge in [-0.2, -0.15) is 0 Å². The number of nitrogens with two attached hydrogens (primary N) is 1. The Balaban J connectivity index is 2.77. The summed E-state index contributed by atoms with van der Waals surface area (Å²) in [6.07, 6.45) is 6.29. The lowest BCUT2D eigenvalue weighted by molar-refractivity contribution is -0.133. The summed E-state index contributed by atoms with van der Waals surface area (Å²) < 4.78 is 0. The summed E-state index contributed by atoms with van der Waals surface area (Å²) in [5, 5.41) is 2.83. The molecule has 1 rings (SSSR count). The van der Waals surface area contributed by atoms with Crippen molar-refractivity contribution in [3.05, 3.63) is 12.2 Å². The van der Waals surface area contributed by atoms with Crippen LogP contribution in [-0.2, 0) is 9.59 Å². The minimum atomic E-state index is -0.393. The number of hydrogen-bond acceptors (Lipinski definition) is 2. The van der Waals surface area contributed by atoms with E-state index in [1.807, 2.05) is 26.0 Å². The van der Waals surface area contributed by atoms with Crippen molar-refractivity contribution in [2.75, 3.05) is 6.54 Å². The summed E-state index contributed by atoms with van der Waals surface area (Å²) in [6.45, 7) is 6.57. The van der Waals surface area contributed by atoms with E-state index in [4.69, 9.17) is 5.73 Å². The molecule has 4 nitrogen and oxygen atoms in total. The van der Waals surface area contributed by atoms with Crippen LogP contribution in [0.4, 0.5) is 0 Å². The van der Waals surface area contributed by atoms with Crippen LogP contribution >= 0.6 is 0 Å². The van der Waals surface area contributed by atoms with Gasteiger partial charge in [-0.1, -0.05) is 19.1 Å². The zero-order chi connectivity index (χ0) is 14.4. The highest BCUT2D eigenvalue weighted by Crippen LogP contribution is 2.44. The highest BCUT2D eigenvalue weighted by atomic mass is 16.2. The first-order chi connectivity index (χ1) is 9.01.